The largest absolute Gasteiger partial charge is 0.363 e. The Balaban J connectivity index is 2.32. The zero-order chi connectivity index (χ0) is 12.4. The number of piperazine rings is 1. The van der Waals surface area contributed by atoms with Crippen molar-refractivity contribution >= 4 is 23.0 Å². The first kappa shape index (κ1) is 12.1. The summed E-state index contributed by atoms with van der Waals surface area (Å²) in [6, 6.07) is 5.07. The number of likely N-dealkylation sites (N-methyl/N-ethyl adjacent to an activating group) is 1. The molecule has 0 radical (unpaired) electrons. The highest BCUT2D eigenvalue weighted by Gasteiger charge is 2.24. The summed E-state index contributed by atoms with van der Waals surface area (Å²) in [4.78, 5) is 14.8. The topological polar surface area (TPSA) is 49.6 Å². The van der Waals surface area contributed by atoms with Crippen LogP contribution in [-0.4, -0.2) is 43.0 Å². The Labute approximate surface area is 105 Å². The normalized spacial score (nSPS) is 17.2. The number of halogens is 1. The van der Waals surface area contributed by atoms with Gasteiger partial charge in [-0.15, -0.1) is 0 Å². The molecular formula is C11H14ClN3O2. The molecular weight excluding hydrogens is 242 g/mol. The van der Waals surface area contributed by atoms with Crippen molar-refractivity contribution in [3.63, 3.8) is 0 Å². The van der Waals surface area contributed by atoms with Gasteiger partial charge in [-0.3, -0.25) is 10.1 Å². The number of anilines is 1. The second-order valence-corrected chi connectivity index (χ2v) is 4.56. The van der Waals surface area contributed by atoms with Gasteiger partial charge in [0.1, 0.15) is 10.7 Å². The summed E-state index contributed by atoms with van der Waals surface area (Å²) >= 11 is 5.89. The maximum absolute atomic E-state index is 11.0. The lowest BCUT2D eigenvalue weighted by Crippen LogP contribution is -2.44. The van der Waals surface area contributed by atoms with Crippen LogP contribution in [-0.2, 0) is 0 Å². The van der Waals surface area contributed by atoms with Gasteiger partial charge in [-0.25, -0.2) is 0 Å². The Bertz CT molecular complexity index is 431. The molecule has 1 heterocycles. The summed E-state index contributed by atoms with van der Waals surface area (Å²) in [6.45, 7) is 3.39. The molecule has 5 nitrogen and oxygen atoms in total. The number of nitro groups is 1. The van der Waals surface area contributed by atoms with E-state index in [1.54, 1.807) is 18.2 Å². The number of rotatable bonds is 2. The lowest BCUT2D eigenvalue weighted by atomic mass is 10.2. The van der Waals surface area contributed by atoms with E-state index in [1.165, 1.54) is 0 Å². The zero-order valence-corrected chi connectivity index (χ0v) is 10.4. The van der Waals surface area contributed by atoms with Gasteiger partial charge in [0.15, 0.2) is 0 Å². The lowest BCUT2D eigenvalue weighted by Gasteiger charge is -2.33. The smallest absolute Gasteiger partial charge is 0.310 e. The fourth-order valence-electron chi connectivity index (χ4n) is 1.99. The highest BCUT2D eigenvalue weighted by Crippen LogP contribution is 2.35. The van der Waals surface area contributed by atoms with Crippen LogP contribution in [0.4, 0.5) is 11.4 Å². The minimum atomic E-state index is -0.407. The average molecular weight is 256 g/mol. The number of hydrogen-bond donors (Lipinski definition) is 0. The van der Waals surface area contributed by atoms with Gasteiger partial charge in [0.2, 0.25) is 0 Å². The van der Waals surface area contributed by atoms with Crippen molar-refractivity contribution in [2.45, 2.75) is 0 Å². The molecule has 6 heteroatoms. The maximum Gasteiger partial charge on any atom is 0.310 e. The van der Waals surface area contributed by atoms with E-state index in [-0.39, 0.29) is 10.7 Å². The van der Waals surface area contributed by atoms with Crippen molar-refractivity contribution in [2.75, 3.05) is 38.1 Å². The molecule has 0 atom stereocenters. The predicted octanol–water partition coefficient (Wildman–Crippen LogP) is 2.00. The van der Waals surface area contributed by atoms with E-state index in [4.69, 9.17) is 11.6 Å². The zero-order valence-electron chi connectivity index (χ0n) is 9.60. The van der Waals surface area contributed by atoms with Crippen molar-refractivity contribution in [3.8, 4) is 0 Å². The van der Waals surface area contributed by atoms with Gasteiger partial charge >= 0.3 is 5.69 Å². The third-order valence-corrected chi connectivity index (χ3v) is 3.30. The molecule has 17 heavy (non-hydrogen) atoms. The van der Waals surface area contributed by atoms with E-state index >= 15 is 0 Å². The van der Waals surface area contributed by atoms with Crippen molar-refractivity contribution in [3.05, 3.63) is 33.3 Å². The Morgan fingerprint density at radius 3 is 2.53 bits per heavy atom. The number of nitro benzene ring substituents is 1. The van der Waals surface area contributed by atoms with Crippen LogP contribution >= 0.6 is 11.6 Å². The van der Waals surface area contributed by atoms with E-state index in [2.05, 4.69) is 4.90 Å². The fraction of sp³-hybridized carbons (Fsp3) is 0.455. The van der Waals surface area contributed by atoms with Gasteiger partial charge in [-0.2, -0.15) is 0 Å². The summed E-state index contributed by atoms with van der Waals surface area (Å²) < 4.78 is 0. The van der Waals surface area contributed by atoms with Gasteiger partial charge in [0, 0.05) is 26.2 Å². The van der Waals surface area contributed by atoms with Crippen molar-refractivity contribution in [1.29, 1.82) is 0 Å². The molecule has 1 aromatic rings. The molecule has 1 saturated heterocycles. The van der Waals surface area contributed by atoms with Gasteiger partial charge in [-0.1, -0.05) is 17.7 Å². The second kappa shape index (κ2) is 4.89. The Hall–Kier alpha value is -1.33. The van der Waals surface area contributed by atoms with E-state index < -0.39 is 4.92 Å². The van der Waals surface area contributed by atoms with Crippen LogP contribution in [0.3, 0.4) is 0 Å². The second-order valence-electron chi connectivity index (χ2n) is 4.16. The van der Waals surface area contributed by atoms with Crippen molar-refractivity contribution in [2.24, 2.45) is 0 Å². The van der Waals surface area contributed by atoms with Crippen LogP contribution in [0, 0.1) is 10.1 Å². The minimum absolute atomic E-state index is 0.0127. The molecule has 1 aliphatic heterocycles. The molecule has 0 aromatic heterocycles. The summed E-state index contributed by atoms with van der Waals surface area (Å²) in [7, 11) is 2.05. The van der Waals surface area contributed by atoms with E-state index in [1.807, 2.05) is 11.9 Å². The Morgan fingerprint density at radius 1 is 1.29 bits per heavy atom. The highest BCUT2D eigenvalue weighted by molar-refractivity contribution is 6.33. The Kier molecular flexibility index (Phi) is 3.49. The highest BCUT2D eigenvalue weighted by atomic mass is 35.5. The van der Waals surface area contributed by atoms with Crippen molar-refractivity contribution in [1.82, 2.24) is 4.90 Å². The minimum Gasteiger partial charge on any atom is -0.363 e. The van der Waals surface area contributed by atoms with E-state index in [9.17, 15) is 10.1 Å². The van der Waals surface area contributed by atoms with Gasteiger partial charge in [0.25, 0.3) is 0 Å². The third kappa shape index (κ3) is 2.50. The number of para-hydroxylation sites is 1. The fourth-order valence-corrected chi connectivity index (χ4v) is 2.23. The van der Waals surface area contributed by atoms with E-state index in [0.29, 0.717) is 5.69 Å². The summed E-state index contributed by atoms with van der Waals surface area (Å²) in [5.74, 6) is 0. The molecule has 1 aromatic carbocycles. The predicted molar refractivity (Wildman–Crippen MR) is 67.8 cm³/mol. The van der Waals surface area contributed by atoms with Crippen LogP contribution in [0.15, 0.2) is 18.2 Å². The molecule has 92 valence electrons. The van der Waals surface area contributed by atoms with Gasteiger partial charge in [0.05, 0.1) is 4.92 Å². The first-order chi connectivity index (χ1) is 8.09. The van der Waals surface area contributed by atoms with Gasteiger partial charge < -0.3 is 9.80 Å². The van der Waals surface area contributed by atoms with E-state index in [0.717, 1.165) is 26.2 Å². The van der Waals surface area contributed by atoms with Crippen molar-refractivity contribution < 1.29 is 4.92 Å². The average Bonchev–Trinajstić information content (AvgIpc) is 2.29. The number of hydrogen-bond acceptors (Lipinski definition) is 4. The molecule has 0 amide bonds. The molecule has 0 aliphatic carbocycles. The Morgan fingerprint density at radius 2 is 1.94 bits per heavy atom. The first-order valence-corrected chi connectivity index (χ1v) is 5.84. The molecule has 2 rings (SSSR count). The van der Waals surface area contributed by atoms with Crippen LogP contribution in [0.25, 0.3) is 0 Å². The summed E-state index contributed by atoms with van der Waals surface area (Å²) in [5, 5.41) is 11.2. The standard InChI is InChI=1S/C11H14ClN3O2/c1-13-5-7-14(8-6-13)10-4-2-3-9(12)11(10)15(16)17/h2-4H,5-8H2,1H3. The lowest BCUT2D eigenvalue weighted by molar-refractivity contribution is -0.384. The van der Waals surface area contributed by atoms with Gasteiger partial charge in [-0.05, 0) is 19.2 Å². The number of benzene rings is 1. The molecule has 1 aliphatic rings. The van der Waals surface area contributed by atoms with Crippen LogP contribution in [0.1, 0.15) is 0 Å². The molecule has 0 spiro atoms. The monoisotopic (exact) mass is 255 g/mol. The molecule has 0 bridgehead atoms. The quantitative estimate of drug-likeness (QED) is 0.599. The van der Waals surface area contributed by atoms with Crippen LogP contribution < -0.4 is 4.90 Å². The summed E-state index contributed by atoms with van der Waals surface area (Å²) in [5.41, 5.74) is 0.634. The summed E-state index contributed by atoms with van der Waals surface area (Å²) in [6.07, 6.45) is 0. The maximum atomic E-state index is 11.0. The van der Waals surface area contributed by atoms with Crippen LogP contribution in [0.2, 0.25) is 5.02 Å². The third-order valence-electron chi connectivity index (χ3n) is 2.99. The molecule has 0 saturated carbocycles. The molecule has 0 unspecified atom stereocenters. The number of nitrogens with zero attached hydrogens (tertiary/aromatic N) is 3. The SMILES string of the molecule is CN1CCN(c2cccc(Cl)c2[N+](=O)[O-])CC1. The van der Waals surface area contributed by atoms with Crippen LogP contribution in [0.5, 0.6) is 0 Å². The first-order valence-electron chi connectivity index (χ1n) is 5.46. The molecule has 0 N–H and O–H groups in total. The molecule has 1 fully saturated rings.